The molecule has 0 unspecified atom stereocenters. The number of sulfone groups is 1. The third-order valence-corrected chi connectivity index (χ3v) is 9.51. The predicted octanol–water partition coefficient (Wildman–Crippen LogP) is 6.09. The Morgan fingerprint density at radius 3 is 2.22 bits per heavy atom. The van der Waals surface area contributed by atoms with Crippen LogP contribution < -0.4 is 19.7 Å². The number of carbonyl (C=O) groups is 3. The average molecular weight is 706 g/mol. The Morgan fingerprint density at radius 2 is 1.60 bits per heavy atom. The summed E-state index contributed by atoms with van der Waals surface area (Å²) in [6, 6.07) is 11.9. The van der Waals surface area contributed by atoms with Crippen molar-refractivity contribution in [1.82, 2.24) is 14.8 Å². The molecule has 1 fully saturated rings. The molecule has 14 nitrogen and oxygen atoms in total. The van der Waals surface area contributed by atoms with E-state index in [9.17, 15) is 22.8 Å². The fourth-order valence-corrected chi connectivity index (χ4v) is 6.75. The quantitative estimate of drug-likeness (QED) is 0.246. The molecule has 1 saturated carbocycles. The molecule has 1 N–H and O–H groups in total. The molecule has 2 aromatic carbocycles. The third-order valence-electron chi connectivity index (χ3n) is 8.43. The second kappa shape index (κ2) is 11.7. The molecule has 2 aromatic heterocycles. The first-order chi connectivity index (χ1) is 23.3. The van der Waals surface area contributed by atoms with Crippen LogP contribution in [0.5, 0.6) is 11.5 Å². The van der Waals surface area contributed by atoms with Gasteiger partial charge in [0.2, 0.25) is 5.91 Å². The lowest BCUT2D eigenvalue weighted by Crippen LogP contribution is -2.41. The minimum atomic E-state index is -3.55. The van der Waals surface area contributed by atoms with E-state index in [-0.39, 0.29) is 28.2 Å². The third kappa shape index (κ3) is 6.10. The van der Waals surface area contributed by atoms with Gasteiger partial charge in [0.05, 0.1) is 35.7 Å². The van der Waals surface area contributed by atoms with Gasteiger partial charge in [0.25, 0.3) is 0 Å². The smallest absolute Gasteiger partial charge is 0.435 e. The predicted molar refractivity (Wildman–Crippen MR) is 184 cm³/mol. The van der Waals surface area contributed by atoms with Crippen molar-refractivity contribution in [2.45, 2.75) is 75.4 Å². The summed E-state index contributed by atoms with van der Waals surface area (Å²) in [5.74, 6) is 0.317. The lowest BCUT2D eigenvalue weighted by atomic mass is 9.91. The van der Waals surface area contributed by atoms with Crippen LogP contribution in [0, 0.1) is 0 Å². The first-order valence-electron chi connectivity index (χ1n) is 15.8. The van der Waals surface area contributed by atoms with Crippen LogP contribution in [0.15, 0.2) is 53.6 Å². The monoisotopic (exact) mass is 705 g/mol. The van der Waals surface area contributed by atoms with E-state index in [1.165, 1.54) is 26.5 Å². The summed E-state index contributed by atoms with van der Waals surface area (Å²) in [5.41, 5.74) is -0.528. The highest BCUT2D eigenvalue weighted by atomic mass is 32.2. The number of imide groups is 1. The van der Waals surface area contributed by atoms with Crippen molar-refractivity contribution in [3.05, 3.63) is 59.8 Å². The lowest BCUT2D eigenvalue weighted by Gasteiger charge is -2.24. The van der Waals surface area contributed by atoms with Crippen LogP contribution in [0.3, 0.4) is 0 Å². The topological polar surface area (TPSA) is 168 Å². The van der Waals surface area contributed by atoms with Crippen LogP contribution in [0.4, 0.5) is 26.9 Å². The van der Waals surface area contributed by atoms with E-state index in [1.54, 1.807) is 71.9 Å². The number of methoxy groups -OCH3 is 2. The standard InChI is InChI=1S/C35H39N5O9S/c1-33(2,3)48-31(42)39-25-13-11-20(46-7)15-23(25)35(30(39)41)17-24(35)19-10-12-22-26(14-19)40(32(43)49-34(4,5)6)38-28(22)37-29-27(47-8)16-21(18-36-29)50(9,44)45/h10-16,18,24H,17H2,1-9H3,(H,36,37,38)/t24-,35-/m0/s1. The van der Waals surface area contributed by atoms with E-state index >= 15 is 0 Å². The highest BCUT2D eigenvalue weighted by Crippen LogP contribution is 2.67. The summed E-state index contributed by atoms with van der Waals surface area (Å²) in [5, 5.41) is 8.12. The zero-order valence-corrected chi connectivity index (χ0v) is 30.1. The molecule has 2 atom stereocenters. The van der Waals surface area contributed by atoms with Crippen LogP contribution >= 0.6 is 0 Å². The first kappa shape index (κ1) is 34.7. The van der Waals surface area contributed by atoms with Crippen molar-refractivity contribution in [3.63, 3.8) is 0 Å². The molecule has 2 amide bonds. The van der Waals surface area contributed by atoms with Crippen molar-refractivity contribution in [2.24, 2.45) is 0 Å². The van der Waals surface area contributed by atoms with Gasteiger partial charge in [-0.25, -0.2) is 27.9 Å². The Hall–Kier alpha value is -5.18. The number of nitrogens with zero attached hydrogens (tertiary/aromatic N) is 4. The van der Waals surface area contributed by atoms with Gasteiger partial charge in [-0.05, 0) is 89.4 Å². The normalized spacial score (nSPS) is 18.6. The molecule has 0 bridgehead atoms. The van der Waals surface area contributed by atoms with E-state index in [4.69, 9.17) is 18.9 Å². The molecular formula is C35H39N5O9S. The number of hydrogen-bond acceptors (Lipinski definition) is 12. The van der Waals surface area contributed by atoms with Gasteiger partial charge in [-0.15, -0.1) is 5.10 Å². The number of hydrogen-bond donors (Lipinski definition) is 1. The maximum Gasteiger partial charge on any atom is 0.435 e. The van der Waals surface area contributed by atoms with Crippen LogP contribution in [-0.4, -0.2) is 73.0 Å². The van der Waals surface area contributed by atoms with Crippen molar-refractivity contribution < 1.29 is 41.7 Å². The Kier molecular flexibility index (Phi) is 8.12. The van der Waals surface area contributed by atoms with Gasteiger partial charge in [-0.1, -0.05) is 6.07 Å². The van der Waals surface area contributed by atoms with E-state index in [0.717, 1.165) is 21.4 Å². The molecule has 3 heterocycles. The molecule has 0 saturated heterocycles. The number of pyridine rings is 1. The first-order valence-corrected chi connectivity index (χ1v) is 17.7. The fourth-order valence-electron chi connectivity index (χ4n) is 6.18. The maximum absolute atomic E-state index is 14.2. The Balaban J connectivity index is 1.43. The minimum Gasteiger partial charge on any atom is -0.497 e. The fraction of sp³-hybridized carbons (Fsp3) is 0.400. The Labute approximate surface area is 289 Å². The largest absolute Gasteiger partial charge is 0.497 e. The molecule has 6 rings (SSSR count). The van der Waals surface area contributed by atoms with Crippen molar-refractivity contribution in [2.75, 3.05) is 30.7 Å². The molecule has 1 spiro atoms. The molecule has 15 heteroatoms. The summed E-state index contributed by atoms with van der Waals surface area (Å²) >= 11 is 0. The summed E-state index contributed by atoms with van der Waals surface area (Å²) in [7, 11) is -0.643. The summed E-state index contributed by atoms with van der Waals surface area (Å²) in [4.78, 5) is 46.4. The van der Waals surface area contributed by atoms with Gasteiger partial charge >= 0.3 is 12.2 Å². The van der Waals surface area contributed by atoms with E-state index < -0.39 is 44.5 Å². The molecule has 50 heavy (non-hydrogen) atoms. The average Bonchev–Trinajstić information content (AvgIpc) is 3.60. The van der Waals surface area contributed by atoms with Gasteiger partial charge in [0.15, 0.2) is 27.2 Å². The number of aromatic nitrogens is 3. The second-order valence-corrected chi connectivity index (χ2v) is 16.4. The molecule has 1 aliphatic carbocycles. The SMILES string of the molecule is COc1ccc2c(c1)[C@]1(C[C@H]1c1ccc3c(Nc4ncc(S(C)(=O)=O)cc4OC)nn(C(=O)OC(C)(C)C)c3c1)C(=O)N2C(=O)OC(C)(C)C. The van der Waals surface area contributed by atoms with Crippen LogP contribution in [0.1, 0.15) is 65.0 Å². The molecule has 0 radical (unpaired) electrons. The number of benzene rings is 2. The summed E-state index contributed by atoms with van der Waals surface area (Å²) < 4.78 is 47.5. The number of amides is 2. The molecule has 264 valence electrons. The van der Waals surface area contributed by atoms with Gasteiger partial charge in [-0.2, -0.15) is 4.68 Å². The van der Waals surface area contributed by atoms with E-state index in [2.05, 4.69) is 15.4 Å². The number of ether oxygens (including phenoxy) is 4. The second-order valence-electron chi connectivity index (χ2n) is 14.4. The van der Waals surface area contributed by atoms with Gasteiger partial charge in [0, 0.05) is 29.8 Å². The van der Waals surface area contributed by atoms with Crippen LogP contribution in [-0.2, 0) is 29.5 Å². The highest BCUT2D eigenvalue weighted by Gasteiger charge is 2.68. The van der Waals surface area contributed by atoms with Gasteiger partial charge in [0.1, 0.15) is 17.0 Å². The van der Waals surface area contributed by atoms with Gasteiger partial charge < -0.3 is 24.3 Å². The molecule has 1 aliphatic heterocycles. The summed E-state index contributed by atoms with van der Waals surface area (Å²) in [6.45, 7) is 10.4. The van der Waals surface area contributed by atoms with Gasteiger partial charge in [-0.3, -0.25) is 4.79 Å². The number of carbonyl (C=O) groups excluding carboxylic acids is 3. The Bertz CT molecular complexity index is 2180. The highest BCUT2D eigenvalue weighted by molar-refractivity contribution is 7.90. The van der Waals surface area contributed by atoms with Crippen molar-refractivity contribution in [1.29, 1.82) is 0 Å². The van der Waals surface area contributed by atoms with Crippen LogP contribution in [0.2, 0.25) is 0 Å². The molecule has 4 aromatic rings. The Morgan fingerprint density at radius 1 is 0.920 bits per heavy atom. The number of rotatable bonds is 6. The van der Waals surface area contributed by atoms with E-state index in [0.29, 0.717) is 34.3 Å². The number of anilines is 3. The summed E-state index contributed by atoms with van der Waals surface area (Å²) in [6.07, 6.45) is 1.16. The zero-order chi connectivity index (χ0) is 36.6. The molecular weight excluding hydrogens is 666 g/mol. The zero-order valence-electron chi connectivity index (χ0n) is 29.3. The minimum absolute atomic E-state index is 0.0297. The van der Waals surface area contributed by atoms with Crippen molar-refractivity contribution >= 4 is 56.2 Å². The lowest BCUT2D eigenvalue weighted by molar-refractivity contribution is -0.120. The van der Waals surface area contributed by atoms with Crippen LogP contribution in [0.25, 0.3) is 10.9 Å². The molecule has 2 aliphatic rings. The number of nitrogens with one attached hydrogen (secondary N) is 1. The van der Waals surface area contributed by atoms with Crippen molar-refractivity contribution in [3.8, 4) is 11.5 Å². The van der Waals surface area contributed by atoms with E-state index in [1.807, 2.05) is 6.07 Å². The maximum atomic E-state index is 14.2. The number of fused-ring (bicyclic) bond motifs is 3.